The van der Waals surface area contributed by atoms with E-state index in [1.165, 1.54) is 11.8 Å². The number of amides is 1. The summed E-state index contributed by atoms with van der Waals surface area (Å²) in [5, 5.41) is 2.44. The van der Waals surface area contributed by atoms with Crippen LogP contribution in [0.5, 0.6) is 0 Å². The van der Waals surface area contributed by atoms with Crippen molar-refractivity contribution in [2.24, 2.45) is 0 Å². The first kappa shape index (κ1) is 12.5. The number of carbonyl (C=O) groups excluding carboxylic acids is 1. The highest BCUT2D eigenvalue weighted by Gasteiger charge is 2.10. The third-order valence-electron chi connectivity index (χ3n) is 1.71. The zero-order chi connectivity index (χ0) is 12.1. The van der Waals surface area contributed by atoms with Gasteiger partial charge in [0.2, 0.25) is 0 Å². The fourth-order valence-electron chi connectivity index (χ4n) is 0.936. The smallest absolute Gasteiger partial charge is 0.357 e. The molecular weight excluding hydrogens is 235 g/mol. The van der Waals surface area contributed by atoms with Gasteiger partial charge in [-0.3, -0.25) is 0 Å². The molecule has 0 aromatic carbocycles. The van der Waals surface area contributed by atoms with Crippen LogP contribution in [0.25, 0.3) is 0 Å². The summed E-state index contributed by atoms with van der Waals surface area (Å²) in [7, 11) is 0. The van der Waals surface area contributed by atoms with Crippen molar-refractivity contribution in [2.45, 2.75) is 0 Å². The number of nitrogens with two attached hydrogens (primary N) is 1. The molecule has 1 rings (SSSR count). The van der Waals surface area contributed by atoms with Crippen LogP contribution in [-0.2, 0) is 0 Å². The van der Waals surface area contributed by atoms with Crippen molar-refractivity contribution >= 4 is 23.6 Å². The van der Waals surface area contributed by atoms with Crippen LogP contribution in [0.2, 0.25) is 0 Å². The van der Waals surface area contributed by atoms with E-state index >= 15 is 0 Å². The van der Waals surface area contributed by atoms with Gasteiger partial charge in [0.1, 0.15) is 0 Å². The van der Waals surface area contributed by atoms with Gasteiger partial charge >= 0.3 is 11.7 Å². The number of halogens is 1. The van der Waals surface area contributed by atoms with Gasteiger partial charge in [-0.1, -0.05) is 0 Å². The summed E-state index contributed by atoms with van der Waals surface area (Å²) >= 11 is 1.54. The SMILES string of the molecule is CSCCNC(=O)n1cc(F)c(N)nc1=O. The topological polar surface area (TPSA) is 90.0 Å². The van der Waals surface area contributed by atoms with Gasteiger partial charge in [-0.2, -0.15) is 16.7 Å². The van der Waals surface area contributed by atoms with Gasteiger partial charge < -0.3 is 11.1 Å². The molecule has 6 nitrogen and oxygen atoms in total. The number of hydrogen-bond acceptors (Lipinski definition) is 5. The molecule has 88 valence electrons. The van der Waals surface area contributed by atoms with Crippen molar-refractivity contribution in [1.82, 2.24) is 14.9 Å². The molecule has 0 unspecified atom stereocenters. The molecule has 0 aliphatic heterocycles. The second kappa shape index (κ2) is 5.50. The van der Waals surface area contributed by atoms with E-state index in [1.54, 1.807) is 0 Å². The lowest BCUT2D eigenvalue weighted by Crippen LogP contribution is -2.38. The Balaban J connectivity index is 2.84. The second-order valence-electron chi connectivity index (χ2n) is 2.85. The van der Waals surface area contributed by atoms with E-state index in [0.717, 1.165) is 6.20 Å². The summed E-state index contributed by atoms with van der Waals surface area (Å²) in [5.41, 5.74) is 4.17. The molecule has 1 aromatic heterocycles. The van der Waals surface area contributed by atoms with Gasteiger partial charge in [-0.15, -0.1) is 0 Å². The van der Waals surface area contributed by atoms with Crippen molar-refractivity contribution in [3.05, 3.63) is 22.5 Å². The molecule has 1 heterocycles. The molecular formula is C8H11FN4O2S. The first-order valence-electron chi connectivity index (χ1n) is 4.38. The molecule has 8 heteroatoms. The molecule has 1 aromatic rings. The Kier molecular flexibility index (Phi) is 4.29. The first-order chi connectivity index (χ1) is 7.56. The Morgan fingerprint density at radius 3 is 3.06 bits per heavy atom. The number of hydrogen-bond donors (Lipinski definition) is 2. The van der Waals surface area contributed by atoms with Crippen molar-refractivity contribution < 1.29 is 9.18 Å². The van der Waals surface area contributed by atoms with E-state index in [1.807, 2.05) is 6.26 Å². The molecule has 0 radical (unpaired) electrons. The van der Waals surface area contributed by atoms with Crippen molar-refractivity contribution in [2.75, 3.05) is 24.3 Å². The van der Waals surface area contributed by atoms with Gasteiger partial charge in [0, 0.05) is 12.3 Å². The van der Waals surface area contributed by atoms with Crippen molar-refractivity contribution in [3.63, 3.8) is 0 Å². The normalized spacial score (nSPS) is 10.1. The number of nitrogen functional groups attached to an aromatic ring is 1. The Morgan fingerprint density at radius 2 is 2.44 bits per heavy atom. The van der Waals surface area contributed by atoms with Crippen LogP contribution >= 0.6 is 11.8 Å². The lowest BCUT2D eigenvalue weighted by Gasteiger charge is -2.06. The van der Waals surface area contributed by atoms with E-state index in [9.17, 15) is 14.0 Å². The fourth-order valence-corrected chi connectivity index (χ4v) is 1.24. The van der Waals surface area contributed by atoms with Gasteiger partial charge in [0.05, 0.1) is 6.20 Å². The van der Waals surface area contributed by atoms with E-state index in [-0.39, 0.29) is 0 Å². The average molecular weight is 246 g/mol. The van der Waals surface area contributed by atoms with Crippen LogP contribution in [0.1, 0.15) is 0 Å². The van der Waals surface area contributed by atoms with E-state index in [0.29, 0.717) is 16.9 Å². The third kappa shape index (κ3) is 2.96. The summed E-state index contributed by atoms with van der Waals surface area (Å²) < 4.78 is 13.5. The number of rotatable bonds is 3. The number of nitrogens with one attached hydrogen (secondary N) is 1. The molecule has 3 N–H and O–H groups in total. The molecule has 16 heavy (non-hydrogen) atoms. The Morgan fingerprint density at radius 1 is 1.75 bits per heavy atom. The predicted octanol–water partition coefficient (Wildman–Crippen LogP) is -0.115. The zero-order valence-corrected chi connectivity index (χ0v) is 9.38. The highest BCUT2D eigenvalue weighted by Crippen LogP contribution is 2.00. The molecule has 0 aliphatic carbocycles. The number of nitrogens with zero attached hydrogens (tertiary/aromatic N) is 2. The van der Waals surface area contributed by atoms with Crippen molar-refractivity contribution in [1.29, 1.82) is 0 Å². The van der Waals surface area contributed by atoms with Crippen LogP contribution in [0.3, 0.4) is 0 Å². The maximum Gasteiger partial charge on any atom is 0.357 e. The van der Waals surface area contributed by atoms with Gasteiger partial charge in [0.25, 0.3) is 0 Å². The number of aromatic nitrogens is 2. The van der Waals surface area contributed by atoms with Crippen LogP contribution < -0.4 is 16.7 Å². The standard InChI is InChI=1S/C8H11FN4O2S/c1-16-3-2-11-7(14)13-4-5(9)6(10)12-8(13)15/h4H,2-3H2,1H3,(H,11,14)(H2,10,12,15). The summed E-state index contributed by atoms with van der Waals surface area (Å²) in [4.78, 5) is 25.8. The zero-order valence-electron chi connectivity index (χ0n) is 8.57. The minimum Gasteiger partial charge on any atom is -0.381 e. The monoisotopic (exact) mass is 246 g/mol. The fraction of sp³-hybridized carbons (Fsp3) is 0.375. The Hall–Kier alpha value is -1.57. The lowest BCUT2D eigenvalue weighted by atomic mass is 10.5. The summed E-state index contributed by atoms with van der Waals surface area (Å²) in [5.74, 6) is -0.719. The summed E-state index contributed by atoms with van der Waals surface area (Å²) in [6, 6.07) is -0.717. The molecule has 0 saturated carbocycles. The number of thioether (sulfide) groups is 1. The van der Waals surface area contributed by atoms with Gasteiger partial charge in [0.15, 0.2) is 11.6 Å². The minimum atomic E-state index is -0.903. The van der Waals surface area contributed by atoms with Crippen LogP contribution in [0.15, 0.2) is 11.0 Å². The first-order valence-corrected chi connectivity index (χ1v) is 5.77. The largest absolute Gasteiger partial charge is 0.381 e. The van der Waals surface area contributed by atoms with E-state index in [2.05, 4.69) is 10.3 Å². The summed E-state index contributed by atoms with van der Waals surface area (Å²) in [6.45, 7) is 0.387. The minimum absolute atomic E-state index is 0.387. The second-order valence-corrected chi connectivity index (χ2v) is 3.84. The third-order valence-corrected chi connectivity index (χ3v) is 2.32. The number of carbonyl (C=O) groups is 1. The molecule has 0 bridgehead atoms. The summed E-state index contributed by atoms with van der Waals surface area (Å²) in [6.07, 6.45) is 2.60. The molecule has 0 saturated heterocycles. The number of anilines is 1. The van der Waals surface area contributed by atoms with Gasteiger partial charge in [-0.05, 0) is 6.26 Å². The highest BCUT2D eigenvalue weighted by atomic mass is 32.2. The molecule has 1 amide bonds. The van der Waals surface area contributed by atoms with Gasteiger partial charge in [-0.25, -0.2) is 18.5 Å². The predicted molar refractivity (Wildman–Crippen MR) is 60.0 cm³/mol. The maximum atomic E-state index is 13.0. The highest BCUT2D eigenvalue weighted by molar-refractivity contribution is 7.98. The van der Waals surface area contributed by atoms with Crippen molar-refractivity contribution in [3.8, 4) is 0 Å². The molecule has 0 atom stereocenters. The molecule has 0 spiro atoms. The Labute approximate surface area is 95.0 Å². The lowest BCUT2D eigenvalue weighted by molar-refractivity contribution is 0.241. The van der Waals surface area contributed by atoms with Crippen LogP contribution in [0.4, 0.5) is 15.0 Å². The molecule has 0 fully saturated rings. The van der Waals surface area contributed by atoms with E-state index < -0.39 is 23.4 Å². The quantitative estimate of drug-likeness (QED) is 0.726. The van der Waals surface area contributed by atoms with E-state index in [4.69, 9.17) is 5.73 Å². The molecule has 0 aliphatic rings. The Bertz CT molecular complexity index is 448. The van der Waals surface area contributed by atoms with Crippen LogP contribution in [-0.4, -0.2) is 34.1 Å². The van der Waals surface area contributed by atoms with Crippen LogP contribution in [0, 0.1) is 5.82 Å². The average Bonchev–Trinajstić information content (AvgIpc) is 2.23. The maximum absolute atomic E-state index is 13.0.